The Morgan fingerprint density at radius 1 is 1.30 bits per heavy atom. The minimum atomic E-state index is -0.00129. The monoisotopic (exact) mass is 270 g/mol. The first kappa shape index (κ1) is 12.4. The van der Waals surface area contributed by atoms with Crippen LogP contribution in [0, 0.1) is 5.92 Å². The number of aromatic nitrogens is 2. The van der Waals surface area contributed by atoms with Crippen molar-refractivity contribution in [2.45, 2.75) is 12.8 Å². The van der Waals surface area contributed by atoms with Gasteiger partial charge in [-0.15, -0.1) is 0 Å². The summed E-state index contributed by atoms with van der Waals surface area (Å²) in [6.07, 6.45) is 3.25. The van der Waals surface area contributed by atoms with Crippen LogP contribution in [0.4, 0.5) is 11.5 Å². The number of nitrogens with two attached hydrogens (primary N) is 1. The maximum atomic E-state index is 11.7. The molecule has 0 radical (unpaired) electrons. The minimum Gasteiger partial charge on any atom is -0.439 e. The van der Waals surface area contributed by atoms with Gasteiger partial charge in [0.2, 0.25) is 11.8 Å². The van der Waals surface area contributed by atoms with E-state index in [1.165, 1.54) is 6.33 Å². The Kier molecular flexibility index (Phi) is 3.20. The van der Waals surface area contributed by atoms with Crippen LogP contribution >= 0.6 is 0 Å². The van der Waals surface area contributed by atoms with Crippen molar-refractivity contribution < 1.29 is 9.53 Å². The number of nitrogens with one attached hydrogen (secondary N) is 1. The van der Waals surface area contributed by atoms with Gasteiger partial charge >= 0.3 is 0 Å². The average molecular weight is 270 g/mol. The maximum Gasteiger partial charge on any atom is 0.228 e. The Hall–Kier alpha value is -2.63. The molecule has 0 bridgehead atoms. The number of anilines is 2. The first-order valence-electron chi connectivity index (χ1n) is 6.37. The number of ether oxygens (including phenoxy) is 1. The highest BCUT2D eigenvalue weighted by molar-refractivity contribution is 5.93. The molecule has 1 aromatic heterocycles. The fourth-order valence-corrected chi connectivity index (χ4v) is 1.74. The lowest BCUT2D eigenvalue weighted by Gasteiger charge is -2.07. The molecule has 0 saturated heterocycles. The van der Waals surface area contributed by atoms with Gasteiger partial charge in [0.05, 0.1) is 0 Å². The zero-order valence-electron chi connectivity index (χ0n) is 10.7. The van der Waals surface area contributed by atoms with Gasteiger partial charge in [-0.3, -0.25) is 4.79 Å². The maximum absolute atomic E-state index is 11.7. The molecule has 1 amide bonds. The van der Waals surface area contributed by atoms with Crippen LogP contribution in [0.25, 0.3) is 0 Å². The second-order valence-electron chi connectivity index (χ2n) is 4.68. The number of hydrogen-bond acceptors (Lipinski definition) is 5. The van der Waals surface area contributed by atoms with Gasteiger partial charge in [0.1, 0.15) is 17.9 Å². The van der Waals surface area contributed by atoms with Gasteiger partial charge in [-0.05, 0) is 25.0 Å². The van der Waals surface area contributed by atoms with E-state index in [-0.39, 0.29) is 11.8 Å². The van der Waals surface area contributed by atoms with E-state index in [1.54, 1.807) is 30.3 Å². The van der Waals surface area contributed by atoms with Crippen molar-refractivity contribution >= 4 is 17.4 Å². The van der Waals surface area contributed by atoms with E-state index in [1.807, 2.05) is 0 Å². The van der Waals surface area contributed by atoms with E-state index >= 15 is 0 Å². The second kappa shape index (κ2) is 5.16. The number of benzene rings is 1. The smallest absolute Gasteiger partial charge is 0.228 e. The lowest BCUT2D eigenvalue weighted by atomic mass is 10.3. The van der Waals surface area contributed by atoms with Gasteiger partial charge in [-0.2, -0.15) is 0 Å². The summed E-state index contributed by atoms with van der Waals surface area (Å²) in [5.74, 6) is 1.51. The summed E-state index contributed by atoms with van der Waals surface area (Å²) in [5, 5.41) is 2.75. The Bertz CT molecular complexity index is 641. The summed E-state index contributed by atoms with van der Waals surface area (Å²) >= 11 is 0. The van der Waals surface area contributed by atoms with Gasteiger partial charge in [0.25, 0.3) is 0 Å². The van der Waals surface area contributed by atoms with Crippen molar-refractivity contribution in [3.63, 3.8) is 0 Å². The Morgan fingerprint density at radius 3 is 2.90 bits per heavy atom. The van der Waals surface area contributed by atoms with Crippen LogP contribution in [-0.2, 0) is 4.79 Å². The van der Waals surface area contributed by atoms with Crippen molar-refractivity contribution in [1.82, 2.24) is 9.97 Å². The average Bonchev–Trinajstić information content (AvgIpc) is 3.23. The molecule has 0 unspecified atom stereocenters. The molecule has 1 aliphatic carbocycles. The molecule has 2 aromatic rings. The summed E-state index contributed by atoms with van der Waals surface area (Å²) in [6, 6.07) is 8.63. The second-order valence-corrected chi connectivity index (χ2v) is 4.68. The number of carbonyl (C=O) groups is 1. The Balaban J connectivity index is 1.72. The SMILES string of the molecule is Nc1cccc(Oc2cc(NC(=O)C3CC3)ncn2)c1. The summed E-state index contributed by atoms with van der Waals surface area (Å²) in [5.41, 5.74) is 6.29. The third kappa shape index (κ3) is 3.03. The van der Waals surface area contributed by atoms with Crippen molar-refractivity contribution in [3.8, 4) is 11.6 Å². The molecule has 6 nitrogen and oxygen atoms in total. The van der Waals surface area contributed by atoms with Crippen molar-refractivity contribution in [2.75, 3.05) is 11.1 Å². The van der Waals surface area contributed by atoms with Crippen LogP contribution in [0.3, 0.4) is 0 Å². The number of carbonyl (C=O) groups excluding carboxylic acids is 1. The standard InChI is InChI=1S/C14H14N4O2/c15-10-2-1-3-11(6-10)20-13-7-12(16-8-17-13)18-14(19)9-4-5-9/h1-3,6-9H,4-5,15H2,(H,16,17,18,19). The molecule has 1 saturated carbocycles. The third-order valence-corrected chi connectivity index (χ3v) is 2.92. The zero-order valence-corrected chi connectivity index (χ0v) is 10.7. The van der Waals surface area contributed by atoms with Crippen LogP contribution in [0.15, 0.2) is 36.7 Å². The van der Waals surface area contributed by atoms with Gasteiger partial charge in [-0.25, -0.2) is 9.97 Å². The zero-order chi connectivity index (χ0) is 13.9. The van der Waals surface area contributed by atoms with Crippen LogP contribution < -0.4 is 15.8 Å². The van der Waals surface area contributed by atoms with Gasteiger partial charge in [-0.1, -0.05) is 6.07 Å². The molecule has 1 aliphatic rings. The molecular formula is C14H14N4O2. The van der Waals surface area contributed by atoms with E-state index in [2.05, 4.69) is 15.3 Å². The fraction of sp³-hybridized carbons (Fsp3) is 0.214. The summed E-state index contributed by atoms with van der Waals surface area (Å²) < 4.78 is 5.58. The number of hydrogen-bond donors (Lipinski definition) is 2. The van der Waals surface area contributed by atoms with E-state index < -0.39 is 0 Å². The lowest BCUT2D eigenvalue weighted by molar-refractivity contribution is -0.117. The van der Waals surface area contributed by atoms with E-state index in [4.69, 9.17) is 10.5 Å². The molecule has 0 atom stereocenters. The topological polar surface area (TPSA) is 90.1 Å². The highest BCUT2D eigenvalue weighted by atomic mass is 16.5. The molecule has 1 heterocycles. The molecule has 1 aromatic carbocycles. The van der Waals surface area contributed by atoms with Crippen molar-refractivity contribution in [3.05, 3.63) is 36.7 Å². The molecule has 6 heteroatoms. The first-order valence-corrected chi connectivity index (χ1v) is 6.37. The van der Waals surface area contributed by atoms with Gasteiger partial charge in [0, 0.05) is 23.7 Å². The summed E-state index contributed by atoms with van der Waals surface area (Å²) in [7, 11) is 0. The van der Waals surface area contributed by atoms with Crippen LogP contribution in [0.2, 0.25) is 0 Å². The normalized spacial score (nSPS) is 13.8. The molecule has 102 valence electrons. The van der Waals surface area contributed by atoms with Gasteiger partial charge in [0.15, 0.2) is 0 Å². The number of amides is 1. The molecule has 0 aliphatic heterocycles. The Morgan fingerprint density at radius 2 is 2.15 bits per heavy atom. The molecule has 20 heavy (non-hydrogen) atoms. The Labute approximate surface area is 116 Å². The number of nitrogen functional groups attached to an aromatic ring is 1. The van der Waals surface area contributed by atoms with Crippen LogP contribution in [-0.4, -0.2) is 15.9 Å². The minimum absolute atomic E-state index is 0.00129. The fourth-order valence-electron chi connectivity index (χ4n) is 1.74. The van der Waals surface area contributed by atoms with E-state index in [0.717, 1.165) is 12.8 Å². The van der Waals surface area contributed by atoms with Crippen molar-refractivity contribution in [1.29, 1.82) is 0 Å². The van der Waals surface area contributed by atoms with E-state index in [9.17, 15) is 4.79 Å². The summed E-state index contributed by atoms with van der Waals surface area (Å²) in [4.78, 5) is 19.7. The van der Waals surface area contributed by atoms with Crippen LogP contribution in [0.5, 0.6) is 11.6 Å². The molecule has 0 spiro atoms. The van der Waals surface area contributed by atoms with Crippen LogP contribution in [0.1, 0.15) is 12.8 Å². The number of rotatable bonds is 4. The first-order chi connectivity index (χ1) is 9.70. The molecule has 3 N–H and O–H groups in total. The predicted molar refractivity (Wildman–Crippen MR) is 74.3 cm³/mol. The third-order valence-electron chi connectivity index (χ3n) is 2.92. The lowest BCUT2D eigenvalue weighted by Crippen LogP contribution is -2.14. The highest BCUT2D eigenvalue weighted by Gasteiger charge is 2.29. The predicted octanol–water partition coefficient (Wildman–Crippen LogP) is 2.20. The van der Waals surface area contributed by atoms with Gasteiger partial charge < -0.3 is 15.8 Å². The molecular weight excluding hydrogens is 256 g/mol. The molecule has 1 fully saturated rings. The number of nitrogens with zero attached hydrogens (tertiary/aromatic N) is 2. The van der Waals surface area contributed by atoms with E-state index in [0.29, 0.717) is 23.1 Å². The van der Waals surface area contributed by atoms with Crippen molar-refractivity contribution in [2.24, 2.45) is 5.92 Å². The summed E-state index contributed by atoms with van der Waals surface area (Å²) in [6.45, 7) is 0. The largest absolute Gasteiger partial charge is 0.439 e. The quantitative estimate of drug-likeness (QED) is 0.831. The molecule has 3 rings (SSSR count). The highest BCUT2D eigenvalue weighted by Crippen LogP contribution is 2.30.